The van der Waals surface area contributed by atoms with Gasteiger partial charge in [-0.2, -0.15) is 0 Å². The number of rotatable bonds is 4. The molecule has 0 heterocycles. The van der Waals surface area contributed by atoms with Crippen LogP contribution in [-0.4, -0.2) is 17.8 Å². The van der Waals surface area contributed by atoms with E-state index in [-0.39, 0.29) is 12.5 Å². The zero-order valence-electron chi connectivity index (χ0n) is 16.0. The molecule has 0 fully saturated rings. The molecule has 0 spiro atoms. The van der Waals surface area contributed by atoms with Gasteiger partial charge in [-0.15, -0.1) is 0 Å². The van der Waals surface area contributed by atoms with Gasteiger partial charge < -0.3 is 9.84 Å². The summed E-state index contributed by atoms with van der Waals surface area (Å²) < 4.78 is 5.59. The van der Waals surface area contributed by atoms with Crippen LogP contribution in [0, 0.1) is 6.92 Å². The second-order valence-electron chi connectivity index (χ2n) is 7.20. The third-order valence-electron chi connectivity index (χ3n) is 5.32. The van der Waals surface area contributed by atoms with Crippen molar-refractivity contribution in [3.8, 4) is 11.1 Å². The fourth-order valence-electron chi connectivity index (χ4n) is 3.78. The first-order valence-electron chi connectivity index (χ1n) is 9.45. The van der Waals surface area contributed by atoms with Crippen LogP contribution in [0.5, 0.6) is 0 Å². The molecule has 1 atom stereocenters. The van der Waals surface area contributed by atoms with Crippen LogP contribution in [0.3, 0.4) is 0 Å². The third kappa shape index (κ3) is 3.39. The van der Waals surface area contributed by atoms with Crippen molar-refractivity contribution in [1.29, 1.82) is 0 Å². The summed E-state index contributed by atoms with van der Waals surface area (Å²) in [6.07, 6.45) is -1.09. The molecule has 3 aromatic carbocycles. The molecule has 28 heavy (non-hydrogen) atoms. The Kier molecular flexibility index (Phi) is 4.88. The molecule has 4 rings (SSSR count). The van der Waals surface area contributed by atoms with E-state index in [0.29, 0.717) is 5.69 Å². The van der Waals surface area contributed by atoms with Gasteiger partial charge in [-0.3, -0.25) is 5.32 Å². The normalized spacial score (nSPS) is 13.5. The van der Waals surface area contributed by atoms with Gasteiger partial charge in [0.2, 0.25) is 0 Å². The number of aliphatic hydroxyl groups excluding tert-OH is 1. The van der Waals surface area contributed by atoms with Crippen LogP contribution < -0.4 is 5.32 Å². The molecule has 3 aromatic rings. The van der Waals surface area contributed by atoms with Crippen molar-refractivity contribution < 1.29 is 14.6 Å². The molecule has 0 unspecified atom stereocenters. The molecule has 2 N–H and O–H groups in total. The monoisotopic (exact) mass is 373 g/mol. The largest absolute Gasteiger partial charge is 0.448 e. The van der Waals surface area contributed by atoms with Gasteiger partial charge in [0.15, 0.2) is 0 Å². The van der Waals surface area contributed by atoms with Gasteiger partial charge in [-0.25, -0.2) is 4.79 Å². The van der Waals surface area contributed by atoms with Crippen molar-refractivity contribution in [1.82, 2.24) is 0 Å². The molecule has 1 aliphatic rings. The molecule has 142 valence electrons. The first kappa shape index (κ1) is 18.3. The Bertz CT molecular complexity index is 980. The van der Waals surface area contributed by atoms with Gasteiger partial charge in [-0.1, -0.05) is 60.7 Å². The van der Waals surface area contributed by atoms with Gasteiger partial charge in [0.05, 0.1) is 6.10 Å². The summed E-state index contributed by atoms with van der Waals surface area (Å²) in [4.78, 5) is 12.4. The predicted octanol–water partition coefficient (Wildman–Crippen LogP) is 5.41. The molecule has 1 aliphatic carbocycles. The lowest BCUT2D eigenvalue weighted by Gasteiger charge is -2.16. The lowest BCUT2D eigenvalue weighted by molar-refractivity contribution is 0.158. The number of carbonyl (C=O) groups is 1. The van der Waals surface area contributed by atoms with Crippen LogP contribution in [0.4, 0.5) is 10.5 Å². The summed E-state index contributed by atoms with van der Waals surface area (Å²) in [5.41, 5.74) is 7.08. The van der Waals surface area contributed by atoms with Crippen LogP contribution in [0.2, 0.25) is 0 Å². The summed E-state index contributed by atoms with van der Waals surface area (Å²) in [5.74, 6) is 0.0306. The van der Waals surface area contributed by atoms with E-state index in [2.05, 4.69) is 29.6 Å². The first-order valence-corrected chi connectivity index (χ1v) is 9.45. The van der Waals surface area contributed by atoms with Crippen molar-refractivity contribution in [3.05, 3.63) is 89.0 Å². The van der Waals surface area contributed by atoms with Crippen molar-refractivity contribution in [2.75, 3.05) is 11.9 Å². The number of benzene rings is 3. The van der Waals surface area contributed by atoms with Gasteiger partial charge >= 0.3 is 6.09 Å². The highest BCUT2D eigenvalue weighted by Crippen LogP contribution is 2.44. The molecular weight excluding hydrogens is 350 g/mol. The van der Waals surface area contributed by atoms with Gasteiger partial charge in [0.1, 0.15) is 6.61 Å². The standard InChI is InChI=1S/C24H23NO3/c1-15-11-12-17(16(2)26)13-23(15)25-24(27)28-14-22-20-9-5-3-7-18(20)19-8-4-6-10-21(19)22/h3-13,16,22,26H,14H2,1-2H3,(H,25,27)/t16-/m0/s1. The van der Waals surface area contributed by atoms with Crippen LogP contribution in [0.25, 0.3) is 11.1 Å². The lowest BCUT2D eigenvalue weighted by atomic mass is 9.98. The Hall–Kier alpha value is -3.11. The molecule has 0 saturated heterocycles. The fraction of sp³-hybridized carbons (Fsp3) is 0.208. The van der Waals surface area contributed by atoms with E-state index < -0.39 is 12.2 Å². The van der Waals surface area contributed by atoms with E-state index in [1.807, 2.05) is 43.3 Å². The highest BCUT2D eigenvalue weighted by atomic mass is 16.5. The first-order chi connectivity index (χ1) is 13.5. The Balaban J connectivity index is 1.50. The van der Waals surface area contributed by atoms with Crippen LogP contribution in [0.15, 0.2) is 66.7 Å². The van der Waals surface area contributed by atoms with E-state index in [9.17, 15) is 9.90 Å². The summed E-state index contributed by atoms with van der Waals surface area (Å²) in [7, 11) is 0. The molecule has 0 aliphatic heterocycles. The molecule has 0 saturated carbocycles. The van der Waals surface area contributed by atoms with Crippen molar-refractivity contribution in [2.24, 2.45) is 0 Å². The maximum atomic E-state index is 12.4. The summed E-state index contributed by atoms with van der Waals surface area (Å²) in [6, 6.07) is 22.0. The molecule has 4 nitrogen and oxygen atoms in total. The highest BCUT2D eigenvalue weighted by Gasteiger charge is 2.29. The highest BCUT2D eigenvalue weighted by molar-refractivity contribution is 5.86. The predicted molar refractivity (Wildman–Crippen MR) is 111 cm³/mol. The molecule has 0 aromatic heterocycles. The van der Waals surface area contributed by atoms with Crippen molar-refractivity contribution in [2.45, 2.75) is 25.9 Å². The minimum atomic E-state index is -0.594. The lowest BCUT2D eigenvalue weighted by Crippen LogP contribution is -2.18. The Morgan fingerprint density at radius 1 is 1.04 bits per heavy atom. The Morgan fingerprint density at radius 3 is 2.25 bits per heavy atom. The minimum Gasteiger partial charge on any atom is -0.448 e. The third-order valence-corrected chi connectivity index (χ3v) is 5.32. The van der Waals surface area contributed by atoms with Gasteiger partial charge in [0.25, 0.3) is 0 Å². The maximum absolute atomic E-state index is 12.4. The number of hydrogen-bond acceptors (Lipinski definition) is 3. The molecule has 0 radical (unpaired) electrons. The minimum absolute atomic E-state index is 0.0306. The number of fused-ring (bicyclic) bond motifs is 3. The fourth-order valence-corrected chi connectivity index (χ4v) is 3.78. The van der Waals surface area contributed by atoms with E-state index in [1.165, 1.54) is 22.3 Å². The van der Waals surface area contributed by atoms with E-state index >= 15 is 0 Å². The number of hydrogen-bond donors (Lipinski definition) is 2. The average molecular weight is 373 g/mol. The summed E-state index contributed by atoms with van der Waals surface area (Å²) in [5, 5.41) is 12.6. The number of aryl methyl sites for hydroxylation is 1. The number of anilines is 1. The molecule has 4 heteroatoms. The molecule has 1 amide bonds. The number of nitrogens with one attached hydrogen (secondary N) is 1. The van der Waals surface area contributed by atoms with Crippen LogP contribution >= 0.6 is 0 Å². The number of carbonyl (C=O) groups excluding carboxylic acids is 1. The second-order valence-corrected chi connectivity index (χ2v) is 7.20. The Labute approximate surface area is 164 Å². The van der Waals surface area contributed by atoms with Gasteiger partial charge in [0, 0.05) is 11.6 Å². The second kappa shape index (κ2) is 7.49. The Morgan fingerprint density at radius 2 is 1.64 bits per heavy atom. The number of ether oxygens (including phenoxy) is 1. The summed E-state index contributed by atoms with van der Waals surface area (Å²) in [6.45, 7) is 3.88. The topological polar surface area (TPSA) is 58.6 Å². The van der Waals surface area contributed by atoms with E-state index in [1.54, 1.807) is 13.0 Å². The zero-order valence-corrected chi connectivity index (χ0v) is 16.0. The van der Waals surface area contributed by atoms with Gasteiger partial charge in [-0.05, 0) is 53.3 Å². The SMILES string of the molecule is Cc1ccc([C@H](C)O)cc1NC(=O)OCC1c2ccccc2-c2ccccc21. The number of amides is 1. The zero-order chi connectivity index (χ0) is 19.7. The van der Waals surface area contributed by atoms with Crippen LogP contribution in [0.1, 0.15) is 41.2 Å². The van der Waals surface area contributed by atoms with E-state index in [0.717, 1.165) is 11.1 Å². The number of aliphatic hydroxyl groups is 1. The van der Waals surface area contributed by atoms with Crippen molar-refractivity contribution in [3.63, 3.8) is 0 Å². The molecular formula is C24H23NO3. The van der Waals surface area contributed by atoms with Crippen LogP contribution in [-0.2, 0) is 4.74 Å². The smallest absolute Gasteiger partial charge is 0.411 e. The average Bonchev–Trinajstić information content (AvgIpc) is 3.02. The van der Waals surface area contributed by atoms with Crippen molar-refractivity contribution >= 4 is 11.8 Å². The summed E-state index contributed by atoms with van der Waals surface area (Å²) >= 11 is 0. The quantitative estimate of drug-likeness (QED) is 0.643. The van der Waals surface area contributed by atoms with E-state index in [4.69, 9.17) is 4.74 Å². The maximum Gasteiger partial charge on any atom is 0.411 e. The molecule has 0 bridgehead atoms.